The third kappa shape index (κ3) is 2.52. The second-order valence-electron chi connectivity index (χ2n) is 5.60. The van der Waals surface area contributed by atoms with Gasteiger partial charge >= 0.3 is 0 Å². The number of aryl methyl sites for hydroxylation is 1. The van der Waals surface area contributed by atoms with Crippen LogP contribution in [0.2, 0.25) is 0 Å². The molecule has 0 spiro atoms. The first-order valence-corrected chi connectivity index (χ1v) is 7.78. The number of carbonyl (C=O) groups excluding carboxylic acids is 1. The molecule has 0 aliphatic carbocycles. The molecule has 4 rings (SSSR count). The van der Waals surface area contributed by atoms with Gasteiger partial charge in [0.25, 0.3) is 5.91 Å². The van der Waals surface area contributed by atoms with Gasteiger partial charge in [0.05, 0.1) is 5.69 Å². The maximum absolute atomic E-state index is 12.5. The molecule has 3 aromatic heterocycles. The van der Waals surface area contributed by atoms with Crippen molar-refractivity contribution >= 4 is 22.5 Å². The maximum Gasteiger partial charge on any atom is 0.257 e. The summed E-state index contributed by atoms with van der Waals surface area (Å²) in [6.07, 6.45) is 4.06. The average molecular weight is 320 g/mol. The van der Waals surface area contributed by atoms with E-state index in [4.69, 9.17) is 4.42 Å². The van der Waals surface area contributed by atoms with Crippen molar-refractivity contribution in [2.45, 2.75) is 13.3 Å². The van der Waals surface area contributed by atoms with Gasteiger partial charge in [-0.3, -0.25) is 4.79 Å². The molecule has 0 saturated carbocycles. The molecule has 1 aromatic carbocycles. The van der Waals surface area contributed by atoms with Crippen molar-refractivity contribution in [1.29, 1.82) is 0 Å². The number of fused-ring (bicyclic) bond motifs is 2. The Labute approximate surface area is 138 Å². The Morgan fingerprint density at radius 3 is 3.04 bits per heavy atom. The summed E-state index contributed by atoms with van der Waals surface area (Å²) in [5.74, 6) is 0.684. The Balaban J connectivity index is 1.47. The van der Waals surface area contributed by atoms with Crippen LogP contribution in [0.15, 0.2) is 53.2 Å². The van der Waals surface area contributed by atoms with Crippen LogP contribution in [0, 0.1) is 6.92 Å². The van der Waals surface area contributed by atoms with Gasteiger partial charge < -0.3 is 9.73 Å². The monoisotopic (exact) mass is 320 g/mol. The number of hydrogen-bond acceptors (Lipinski definition) is 4. The van der Waals surface area contributed by atoms with E-state index < -0.39 is 0 Å². The van der Waals surface area contributed by atoms with E-state index >= 15 is 0 Å². The predicted molar refractivity (Wildman–Crippen MR) is 90.0 cm³/mol. The summed E-state index contributed by atoms with van der Waals surface area (Å²) >= 11 is 0. The molecule has 0 aliphatic rings. The van der Waals surface area contributed by atoms with Crippen LogP contribution >= 0.6 is 0 Å². The molecule has 4 aromatic rings. The van der Waals surface area contributed by atoms with Gasteiger partial charge in [-0.05, 0) is 25.1 Å². The fourth-order valence-electron chi connectivity index (χ4n) is 2.81. The molecule has 6 nitrogen and oxygen atoms in total. The molecule has 6 heteroatoms. The Bertz CT molecular complexity index is 999. The minimum Gasteiger partial charge on any atom is -0.461 e. The number of para-hydroxylation sites is 1. The first kappa shape index (κ1) is 14.4. The number of hydrogen-bond donors (Lipinski definition) is 1. The lowest BCUT2D eigenvalue weighted by Gasteiger charge is -2.03. The van der Waals surface area contributed by atoms with Crippen molar-refractivity contribution in [3.8, 4) is 0 Å². The van der Waals surface area contributed by atoms with E-state index in [0.29, 0.717) is 29.9 Å². The highest BCUT2D eigenvalue weighted by Gasteiger charge is 2.17. The fraction of sp³-hybridized carbons (Fsp3) is 0.167. The van der Waals surface area contributed by atoms with Gasteiger partial charge in [0.2, 0.25) is 0 Å². The van der Waals surface area contributed by atoms with Gasteiger partial charge in [0, 0.05) is 30.7 Å². The van der Waals surface area contributed by atoms with Crippen LogP contribution in [-0.4, -0.2) is 27.0 Å². The summed E-state index contributed by atoms with van der Waals surface area (Å²) in [5.41, 5.74) is 2.60. The summed E-state index contributed by atoms with van der Waals surface area (Å²) < 4.78 is 7.37. The minimum absolute atomic E-state index is 0.169. The van der Waals surface area contributed by atoms with Crippen molar-refractivity contribution in [1.82, 2.24) is 19.9 Å². The molecular formula is C18H16N4O2. The van der Waals surface area contributed by atoms with Crippen LogP contribution in [0.25, 0.3) is 16.6 Å². The normalized spacial score (nSPS) is 11.2. The van der Waals surface area contributed by atoms with E-state index in [-0.39, 0.29) is 5.91 Å². The van der Waals surface area contributed by atoms with Gasteiger partial charge in [-0.2, -0.15) is 5.10 Å². The van der Waals surface area contributed by atoms with Crippen LogP contribution in [0.4, 0.5) is 0 Å². The summed E-state index contributed by atoms with van der Waals surface area (Å²) in [6, 6.07) is 11.6. The molecule has 120 valence electrons. The van der Waals surface area contributed by atoms with E-state index in [1.807, 2.05) is 37.3 Å². The lowest BCUT2D eigenvalue weighted by molar-refractivity contribution is 0.0954. The first-order valence-electron chi connectivity index (χ1n) is 7.78. The van der Waals surface area contributed by atoms with Gasteiger partial charge in [-0.25, -0.2) is 9.50 Å². The molecule has 3 heterocycles. The quantitative estimate of drug-likeness (QED) is 0.627. The second kappa shape index (κ2) is 5.81. The van der Waals surface area contributed by atoms with E-state index in [2.05, 4.69) is 15.4 Å². The van der Waals surface area contributed by atoms with Crippen molar-refractivity contribution in [2.24, 2.45) is 0 Å². The molecule has 24 heavy (non-hydrogen) atoms. The Kier molecular flexibility index (Phi) is 3.49. The smallest absolute Gasteiger partial charge is 0.257 e. The molecule has 0 unspecified atom stereocenters. The van der Waals surface area contributed by atoms with Crippen molar-refractivity contribution in [3.63, 3.8) is 0 Å². The van der Waals surface area contributed by atoms with Crippen LogP contribution in [0.1, 0.15) is 21.8 Å². The third-order valence-electron chi connectivity index (χ3n) is 3.93. The molecule has 1 amide bonds. The zero-order valence-corrected chi connectivity index (χ0v) is 13.2. The summed E-state index contributed by atoms with van der Waals surface area (Å²) in [7, 11) is 0. The van der Waals surface area contributed by atoms with E-state index in [1.165, 1.54) is 0 Å². The first-order chi connectivity index (χ1) is 11.7. The summed E-state index contributed by atoms with van der Waals surface area (Å²) in [6.45, 7) is 2.30. The van der Waals surface area contributed by atoms with E-state index in [9.17, 15) is 4.79 Å². The van der Waals surface area contributed by atoms with Gasteiger partial charge in [-0.1, -0.05) is 18.2 Å². The second-order valence-corrected chi connectivity index (χ2v) is 5.60. The van der Waals surface area contributed by atoms with Gasteiger partial charge in [-0.15, -0.1) is 0 Å². The van der Waals surface area contributed by atoms with Crippen LogP contribution in [0.3, 0.4) is 0 Å². The van der Waals surface area contributed by atoms with Crippen LogP contribution < -0.4 is 5.32 Å². The number of nitrogens with zero attached hydrogens (tertiary/aromatic N) is 3. The standard InChI is InChI=1S/C18H16N4O2/c1-12-16(17-19-8-4-10-22(17)21-12)18(23)20-9-7-14-11-13-5-2-3-6-15(13)24-14/h2-6,8,10-11H,7,9H2,1H3,(H,20,23). The summed E-state index contributed by atoms with van der Waals surface area (Å²) in [4.78, 5) is 16.7. The van der Waals surface area contributed by atoms with Crippen LogP contribution in [-0.2, 0) is 6.42 Å². The zero-order valence-electron chi connectivity index (χ0n) is 13.2. The Morgan fingerprint density at radius 2 is 2.17 bits per heavy atom. The molecule has 0 saturated heterocycles. The number of carbonyl (C=O) groups is 1. The van der Waals surface area contributed by atoms with Crippen molar-refractivity contribution < 1.29 is 9.21 Å². The topological polar surface area (TPSA) is 72.4 Å². The van der Waals surface area contributed by atoms with Crippen molar-refractivity contribution in [3.05, 3.63) is 65.8 Å². The molecule has 0 radical (unpaired) electrons. The zero-order chi connectivity index (χ0) is 16.5. The third-order valence-corrected chi connectivity index (χ3v) is 3.93. The van der Waals surface area contributed by atoms with Gasteiger partial charge in [0.1, 0.15) is 16.9 Å². The average Bonchev–Trinajstić information content (AvgIpc) is 3.13. The maximum atomic E-state index is 12.5. The van der Waals surface area contributed by atoms with Crippen LogP contribution in [0.5, 0.6) is 0 Å². The molecular weight excluding hydrogens is 304 g/mol. The number of aromatic nitrogens is 3. The molecule has 0 aliphatic heterocycles. The Hall–Kier alpha value is -3.15. The highest BCUT2D eigenvalue weighted by atomic mass is 16.3. The number of nitrogens with one attached hydrogen (secondary N) is 1. The predicted octanol–water partition coefficient (Wildman–Crippen LogP) is 2.76. The number of amides is 1. The van der Waals surface area contributed by atoms with Gasteiger partial charge in [0.15, 0.2) is 5.65 Å². The highest BCUT2D eigenvalue weighted by molar-refractivity contribution is 6.00. The molecule has 1 N–H and O–H groups in total. The summed E-state index contributed by atoms with van der Waals surface area (Å²) in [5, 5.41) is 8.29. The SMILES string of the molecule is Cc1nn2cccnc2c1C(=O)NCCc1cc2ccccc2o1. The number of benzene rings is 1. The van der Waals surface area contributed by atoms with E-state index in [0.717, 1.165) is 16.7 Å². The van der Waals surface area contributed by atoms with E-state index in [1.54, 1.807) is 23.0 Å². The Morgan fingerprint density at radius 1 is 1.29 bits per heavy atom. The molecule has 0 atom stereocenters. The highest BCUT2D eigenvalue weighted by Crippen LogP contribution is 2.19. The minimum atomic E-state index is -0.169. The number of rotatable bonds is 4. The van der Waals surface area contributed by atoms with Crippen molar-refractivity contribution in [2.75, 3.05) is 6.54 Å². The molecule has 0 bridgehead atoms. The number of furan rings is 1. The molecule has 0 fully saturated rings. The largest absolute Gasteiger partial charge is 0.461 e. The lowest BCUT2D eigenvalue weighted by atomic mass is 10.2. The lowest BCUT2D eigenvalue weighted by Crippen LogP contribution is -2.26. The fourth-order valence-corrected chi connectivity index (χ4v) is 2.81.